The molecule has 14 heavy (non-hydrogen) atoms. The molecule has 0 spiro atoms. The Labute approximate surface area is 85.7 Å². The van der Waals surface area contributed by atoms with Gasteiger partial charge in [0.2, 0.25) is 0 Å². The standard InChI is InChI=1S/C12H16N2/c1-3-8-14(2)10-12-6-4-11(9-13)5-7-12/h1,4-7H,8-10,13H2,2H3. The molecule has 0 heterocycles. The van der Waals surface area contributed by atoms with E-state index in [1.54, 1.807) is 0 Å². The Kier molecular flexibility index (Phi) is 4.18. The van der Waals surface area contributed by atoms with E-state index in [0.717, 1.165) is 12.1 Å². The van der Waals surface area contributed by atoms with Crippen molar-refractivity contribution in [3.05, 3.63) is 35.4 Å². The van der Waals surface area contributed by atoms with E-state index in [4.69, 9.17) is 12.2 Å². The summed E-state index contributed by atoms with van der Waals surface area (Å²) in [6.07, 6.45) is 5.22. The number of nitrogens with zero attached hydrogens (tertiary/aromatic N) is 1. The van der Waals surface area contributed by atoms with Crippen molar-refractivity contribution in [2.24, 2.45) is 5.73 Å². The molecule has 1 aromatic rings. The van der Waals surface area contributed by atoms with Gasteiger partial charge in [0.05, 0.1) is 6.54 Å². The molecule has 0 saturated carbocycles. The zero-order valence-corrected chi connectivity index (χ0v) is 8.53. The fourth-order valence-corrected chi connectivity index (χ4v) is 1.30. The van der Waals surface area contributed by atoms with Crippen LogP contribution in [0.1, 0.15) is 11.1 Å². The van der Waals surface area contributed by atoms with Crippen LogP contribution in [0.3, 0.4) is 0 Å². The molecule has 0 fully saturated rings. The summed E-state index contributed by atoms with van der Waals surface area (Å²) in [5, 5.41) is 0. The third-order valence-corrected chi connectivity index (χ3v) is 2.07. The Morgan fingerprint density at radius 3 is 2.36 bits per heavy atom. The van der Waals surface area contributed by atoms with Gasteiger partial charge in [0, 0.05) is 13.1 Å². The molecule has 74 valence electrons. The Morgan fingerprint density at radius 1 is 1.29 bits per heavy atom. The molecule has 1 rings (SSSR count). The molecule has 0 amide bonds. The predicted molar refractivity (Wildman–Crippen MR) is 59.5 cm³/mol. The van der Waals surface area contributed by atoms with Gasteiger partial charge < -0.3 is 5.73 Å². The van der Waals surface area contributed by atoms with Crippen LogP contribution in [-0.4, -0.2) is 18.5 Å². The number of rotatable bonds is 4. The van der Waals surface area contributed by atoms with E-state index in [9.17, 15) is 0 Å². The zero-order valence-electron chi connectivity index (χ0n) is 8.53. The van der Waals surface area contributed by atoms with Crippen LogP contribution in [0.4, 0.5) is 0 Å². The smallest absolute Gasteiger partial charge is 0.0599 e. The fraction of sp³-hybridized carbons (Fsp3) is 0.333. The molecule has 0 bridgehead atoms. The molecule has 0 atom stereocenters. The lowest BCUT2D eigenvalue weighted by Crippen LogP contribution is -2.17. The molecule has 0 aromatic heterocycles. The van der Waals surface area contributed by atoms with Crippen molar-refractivity contribution in [2.45, 2.75) is 13.1 Å². The second kappa shape index (κ2) is 5.43. The predicted octanol–water partition coefficient (Wildman–Crippen LogP) is 1.21. The molecule has 0 aliphatic heterocycles. The largest absolute Gasteiger partial charge is 0.326 e. The first kappa shape index (κ1) is 10.8. The number of hydrogen-bond donors (Lipinski definition) is 1. The van der Waals surface area contributed by atoms with Gasteiger partial charge in [-0.2, -0.15) is 0 Å². The first-order valence-electron chi connectivity index (χ1n) is 4.66. The summed E-state index contributed by atoms with van der Waals surface area (Å²) in [4.78, 5) is 2.09. The first-order valence-corrected chi connectivity index (χ1v) is 4.66. The van der Waals surface area contributed by atoms with Crippen molar-refractivity contribution in [3.63, 3.8) is 0 Å². The number of benzene rings is 1. The highest BCUT2D eigenvalue weighted by atomic mass is 15.1. The van der Waals surface area contributed by atoms with E-state index in [-0.39, 0.29) is 0 Å². The Morgan fingerprint density at radius 2 is 1.86 bits per heavy atom. The Hall–Kier alpha value is -1.30. The maximum absolute atomic E-state index is 5.51. The van der Waals surface area contributed by atoms with Crippen LogP contribution in [0.2, 0.25) is 0 Å². The highest BCUT2D eigenvalue weighted by Crippen LogP contribution is 2.05. The van der Waals surface area contributed by atoms with Gasteiger partial charge in [-0.1, -0.05) is 30.2 Å². The third kappa shape index (κ3) is 3.21. The van der Waals surface area contributed by atoms with Crippen LogP contribution in [-0.2, 0) is 13.1 Å². The van der Waals surface area contributed by atoms with Crippen molar-refractivity contribution >= 4 is 0 Å². The minimum atomic E-state index is 0.598. The normalized spacial score (nSPS) is 10.1. The minimum absolute atomic E-state index is 0.598. The van der Waals surface area contributed by atoms with E-state index in [1.807, 2.05) is 7.05 Å². The SMILES string of the molecule is C#CCN(C)Cc1ccc(CN)cc1. The maximum Gasteiger partial charge on any atom is 0.0599 e. The number of nitrogens with two attached hydrogens (primary N) is 1. The van der Waals surface area contributed by atoms with Crippen LogP contribution in [0.25, 0.3) is 0 Å². The molecule has 0 saturated heterocycles. The van der Waals surface area contributed by atoms with E-state index in [2.05, 4.69) is 35.1 Å². The van der Waals surface area contributed by atoms with Gasteiger partial charge in [0.25, 0.3) is 0 Å². The molecule has 0 radical (unpaired) electrons. The van der Waals surface area contributed by atoms with E-state index < -0.39 is 0 Å². The lowest BCUT2D eigenvalue weighted by atomic mass is 10.1. The molecule has 0 aliphatic rings. The second-order valence-electron chi connectivity index (χ2n) is 3.40. The maximum atomic E-state index is 5.51. The topological polar surface area (TPSA) is 29.3 Å². The summed E-state index contributed by atoms with van der Waals surface area (Å²) in [5.74, 6) is 2.62. The lowest BCUT2D eigenvalue weighted by molar-refractivity contribution is 0.369. The molecular weight excluding hydrogens is 172 g/mol. The Bertz CT molecular complexity index is 308. The summed E-state index contributed by atoms with van der Waals surface area (Å²) in [7, 11) is 2.01. The van der Waals surface area contributed by atoms with Crippen LogP contribution in [0.5, 0.6) is 0 Å². The highest BCUT2D eigenvalue weighted by molar-refractivity contribution is 5.22. The molecule has 2 nitrogen and oxygen atoms in total. The van der Waals surface area contributed by atoms with E-state index >= 15 is 0 Å². The van der Waals surface area contributed by atoms with Crippen molar-refractivity contribution in [1.29, 1.82) is 0 Å². The summed E-state index contributed by atoms with van der Waals surface area (Å²) < 4.78 is 0. The molecular formula is C12H16N2. The summed E-state index contributed by atoms with van der Waals surface area (Å²) in [6, 6.07) is 8.29. The summed E-state index contributed by atoms with van der Waals surface area (Å²) in [5.41, 5.74) is 7.94. The van der Waals surface area contributed by atoms with Gasteiger partial charge in [0.15, 0.2) is 0 Å². The number of terminal acetylenes is 1. The molecule has 1 aromatic carbocycles. The van der Waals surface area contributed by atoms with Crippen molar-refractivity contribution in [3.8, 4) is 12.3 Å². The summed E-state index contributed by atoms with van der Waals surface area (Å²) >= 11 is 0. The van der Waals surface area contributed by atoms with Crippen molar-refractivity contribution in [2.75, 3.05) is 13.6 Å². The van der Waals surface area contributed by atoms with E-state index in [1.165, 1.54) is 5.56 Å². The summed E-state index contributed by atoms with van der Waals surface area (Å²) in [6.45, 7) is 2.16. The van der Waals surface area contributed by atoms with Gasteiger partial charge in [-0.25, -0.2) is 0 Å². The van der Waals surface area contributed by atoms with Gasteiger partial charge >= 0.3 is 0 Å². The Balaban J connectivity index is 2.56. The molecule has 2 N–H and O–H groups in total. The van der Waals surface area contributed by atoms with Crippen LogP contribution in [0.15, 0.2) is 24.3 Å². The third-order valence-electron chi connectivity index (χ3n) is 2.07. The van der Waals surface area contributed by atoms with Crippen LogP contribution in [0, 0.1) is 12.3 Å². The van der Waals surface area contributed by atoms with Crippen LogP contribution >= 0.6 is 0 Å². The van der Waals surface area contributed by atoms with Crippen molar-refractivity contribution in [1.82, 2.24) is 4.90 Å². The van der Waals surface area contributed by atoms with Crippen LogP contribution < -0.4 is 5.73 Å². The average Bonchev–Trinajstić information content (AvgIpc) is 2.19. The number of hydrogen-bond acceptors (Lipinski definition) is 2. The second-order valence-corrected chi connectivity index (χ2v) is 3.40. The monoisotopic (exact) mass is 188 g/mol. The van der Waals surface area contributed by atoms with Crippen molar-refractivity contribution < 1.29 is 0 Å². The van der Waals surface area contributed by atoms with Gasteiger partial charge in [0.1, 0.15) is 0 Å². The minimum Gasteiger partial charge on any atom is -0.326 e. The molecule has 0 unspecified atom stereocenters. The van der Waals surface area contributed by atoms with E-state index in [0.29, 0.717) is 13.1 Å². The van der Waals surface area contributed by atoms with Gasteiger partial charge in [-0.15, -0.1) is 6.42 Å². The van der Waals surface area contributed by atoms with Gasteiger partial charge in [-0.05, 0) is 18.2 Å². The first-order chi connectivity index (χ1) is 6.76. The van der Waals surface area contributed by atoms with Gasteiger partial charge in [-0.3, -0.25) is 4.90 Å². The zero-order chi connectivity index (χ0) is 10.4. The lowest BCUT2D eigenvalue weighted by Gasteiger charge is -2.13. The highest BCUT2D eigenvalue weighted by Gasteiger charge is 1.97. The average molecular weight is 188 g/mol. The fourth-order valence-electron chi connectivity index (χ4n) is 1.30. The molecule has 2 heteroatoms. The molecule has 0 aliphatic carbocycles. The quantitative estimate of drug-likeness (QED) is 0.720.